The summed E-state index contributed by atoms with van der Waals surface area (Å²) in [5.74, 6) is 0. The van der Waals surface area contributed by atoms with Crippen LogP contribution in [0, 0.1) is 6.92 Å². The lowest BCUT2D eigenvalue weighted by Crippen LogP contribution is -1.95. The average molecular weight is 226 g/mol. The van der Waals surface area contributed by atoms with Crippen LogP contribution >= 0.6 is 0 Å². The van der Waals surface area contributed by atoms with Gasteiger partial charge < -0.3 is 10.3 Å². The highest BCUT2D eigenvalue weighted by atomic mass is 15.1. The molecule has 0 fully saturated rings. The number of aryl methyl sites for hydroxylation is 2. The fraction of sp³-hybridized carbons (Fsp3) is 0.154. The molecule has 0 saturated heterocycles. The van der Waals surface area contributed by atoms with E-state index in [4.69, 9.17) is 5.73 Å². The Labute approximate surface area is 99.1 Å². The topological polar surface area (TPSA) is 59.6 Å². The molecule has 3 N–H and O–H groups in total. The van der Waals surface area contributed by atoms with Crippen LogP contribution in [-0.4, -0.2) is 14.8 Å². The number of hydrogen-bond donors (Lipinski definition) is 2. The molecule has 0 aliphatic heterocycles. The van der Waals surface area contributed by atoms with Gasteiger partial charge in [-0.2, -0.15) is 5.10 Å². The summed E-state index contributed by atoms with van der Waals surface area (Å²) in [6.45, 7) is 2.11. The van der Waals surface area contributed by atoms with Gasteiger partial charge in [0.25, 0.3) is 0 Å². The summed E-state index contributed by atoms with van der Waals surface area (Å²) in [5.41, 5.74) is 11.0. The second-order valence-corrected chi connectivity index (χ2v) is 4.30. The molecule has 0 radical (unpaired) electrons. The van der Waals surface area contributed by atoms with Crippen LogP contribution in [0.3, 0.4) is 0 Å². The van der Waals surface area contributed by atoms with Gasteiger partial charge in [-0.25, -0.2) is 0 Å². The zero-order valence-electron chi connectivity index (χ0n) is 9.86. The maximum absolute atomic E-state index is 5.89. The summed E-state index contributed by atoms with van der Waals surface area (Å²) >= 11 is 0. The maximum atomic E-state index is 5.89. The van der Waals surface area contributed by atoms with Crippen molar-refractivity contribution in [3.8, 4) is 11.4 Å². The average Bonchev–Trinajstić information content (AvgIpc) is 2.84. The van der Waals surface area contributed by atoms with Crippen molar-refractivity contribution >= 4 is 16.6 Å². The van der Waals surface area contributed by atoms with Gasteiger partial charge >= 0.3 is 0 Å². The molecule has 86 valence electrons. The molecule has 0 bridgehead atoms. The number of nitrogen functional groups attached to an aromatic ring is 1. The van der Waals surface area contributed by atoms with Crippen LogP contribution in [0.25, 0.3) is 22.3 Å². The van der Waals surface area contributed by atoms with E-state index >= 15 is 0 Å². The smallest absolute Gasteiger partial charge is 0.104 e. The van der Waals surface area contributed by atoms with Crippen LogP contribution in [-0.2, 0) is 7.05 Å². The Bertz CT molecular complexity index is 691. The summed E-state index contributed by atoms with van der Waals surface area (Å²) in [6, 6.07) is 8.42. The molecule has 0 amide bonds. The number of anilines is 1. The van der Waals surface area contributed by atoms with Gasteiger partial charge in [-0.3, -0.25) is 5.10 Å². The minimum absolute atomic E-state index is 0.675. The Morgan fingerprint density at radius 2 is 2.18 bits per heavy atom. The van der Waals surface area contributed by atoms with Crippen molar-refractivity contribution in [1.82, 2.24) is 14.8 Å². The summed E-state index contributed by atoms with van der Waals surface area (Å²) in [4.78, 5) is 0. The Kier molecular flexibility index (Phi) is 1.98. The minimum atomic E-state index is 0.675. The summed E-state index contributed by atoms with van der Waals surface area (Å²) < 4.78 is 2.15. The van der Waals surface area contributed by atoms with Crippen molar-refractivity contribution in [3.05, 3.63) is 36.0 Å². The predicted octanol–water partition coefficient (Wildman–Crippen LogP) is 2.46. The van der Waals surface area contributed by atoms with Gasteiger partial charge in [0.2, 0.25) is 0 Å². The van der Waals surface area contributed by atoms with Crippen LogP contribution in [0.1, 0.15) is 5.56 Å². The Hall–Kier alpha value is -2.23. The number of nitrogens with one attached hydrogen (secondary N) is 1. The van der Waals surface area contributed by atoms with Crippen LogP contribution in [0.4, 0.5) is 5.69 Å². The number of hydrogen-bond acceptors (Lipinski definition) is 2. The number of benzene rings is 1. The third-order valence-corrected chi connectivity index (χ3v) is 3.18. The monoisotopic (exact) mass is 226 g/mol. The molecule has 0 spiro atoms. The zero-order chi connectivity index (χ0) is 12.0. The third kappa shape index (κ3) is 1.34. The fourth-order valence-electron chi connectivity index (χ4n) is 2.36. The number of para-hydroxylation sites is 1. The first-order valence-electron chi connectivity index (χ1n) is 5.52. The summed E-state index contributed by atoms with van der Waals surface area (Å²) in [7, 11) is 2.05. The number of H-pyrrole nitrogens is 1. The van der Waals surface area contributed by atoms with Crippen molar-refractivity contribution in [2.45, 2.75) is 6.92 Å². The molecule has 0 atom stereocenters. The first-order chi connectivity index (χ1) is 8.18. The van der Waals surface area contributed by atoms with Gasteiger partial charge in [0.15, 0.2) is 0 Å². The van der Waals surface area contributed by atoms with E-state index < -0.39 is 0 Å². The molecular formula is C13H14N4. The van der Waals surface area contributed by atoms with Gasteiger partial charge in [0.05, 0.1) is 23.1 Å². The van der Waals surface area contributed by atoms with Crippen LogP contribution in [0.2, 0.25) is 0 Å². The number of nitrogens with zero attached hydrogens (tertiary/aromatic N) is 2. The van der Waals surface area contributed by atoms with Gasteiger partial charge in [-0.15, -0.1) is 0 Å². The van der Waals surface area contributed by atoms with Crippen molar-refractivity contribution in [2.24, 2.45) is 7.05 Å². The van der Waals surface area contributed by atoms with Gasteiger partial charge in [-0.05, 0) is 18.6 Å². The molecule has 2 aromatic heterocycles. The second-order valence-electron chi connectivity index (χ2n) is 4.30. The first-order valence-corrected chi connectivity index (χ1v) is 5.52. The van der Waals surface area contributed by atoms with E-state index in [1.54, 1.807) is 6.20 Å². The maximum Gasteiger partial charge on any atom is 0.104 e. The Morgan fingerprint density at radius 3 is 2.82 bits per heavy atom. The van der Waals surface area contributed by atoms with Gasteiger partial charge in [-0.1, -0.05) is 18.2 Å². The fourth-order valence-corrected chi connectivity index (χ4v) is 2.36. The van der Waals surface area contributed by atoms with E-state index in [9.17, 15) is 0 Å². The number of rotatable bonds is 1. The molecule has 17 heavy (non-hydrogen) atoms. The lowest BCUT2D eigenvalue weighted by molar-refractivity contribution is 0.959. The van der Waals surface area contributed by atoms with Crippen molar-refractivity contribution in [2.75, 3.05) is 5.73 Å². The molecule has 0 aliphatic rings. The zero-order valence-corrected chi connectivity index (χ0v) is 9.86. The van der Waals surface area contributed by atoms with Gasteiger partial charge in [0, 0.05) is 12.4 Å². The van der Waals surface area contributed by atoms with E-state index in [2.05, 4.69) is 46.0 Å². The third-order valence-electron chi connectivity index (χ3n) is 3.18. The van der Waals surface area contributed by atoms with Crippen LogP contribution in [0.15, 0.2) is 30.5 Å². The molecule has 4 heteroatoms. The molecule has 3 aromatic rings. The molecule has 1 aromatic carbocycles. The number of fused-ring (bicyclic) bond motifs is 1. The number of aromatic amines is 1. The predicted molar refractivity (Wildman–Crippen MR) is 69.7 cm³/mol. The summed E-state index contributed by atoms with van der Waals surface area (Å²) in [5, 5.41) is 8.13. The molecule has 0 aliphatic carbocycles. The van der Waals surface area contributed by atoms with Crippen molar-refractivity contribution in [1.29, 1.82) is 0 Å². The van der Waals surface area contributed by atoms with Gasteiger partial charge in [0.1, 0.15) is 5.69 Å². The normalized spacial score (nSPS) is 11.2. The Balaban J connectivity index is 2.36. The largest absolute Gasteiger partial charge is 0.396 e. The highest BCUT2D eigenvalue weighted by Gasteiger charge is 2.12. The van der Waals surface area contributed by atoms with E-state index in [1.165, 1.54) is 16.5 Å². The SMILES string of the molecule is Cc1cccc2cc(-c3[nH]ncc3N)n(C)c12. The van der Waals surface area contributed by atoms with E-state index in [-0.39, 0.29) is 0 Å². The molecule has 2 heterocycles. The molecule has 4 nitrogen and oxygen atoms in total. The summed E-state index contributed by atoms with van der Waals surface area (Å²) in [6.07, 6.45) is 1.64. The van der Waals surface area contributed by atoms with Crippen LogP contribution in [0.5, 0.6) is 0 Å². The second kappa shape index (κ2) is 3.38. The van der Waals surface area contributed by atoms with E-state index in [0.717, 1.165) is 11.4 Å². The van der Waals surface area contributed by atoms with E-state index in [1.807, 2.05) is 7.05 Å². The first kappa shape index (κ1) is 9.96. The lowest BCUT2D eigenvalue weighted by Gasteiger charge is -2.04. The molecule has 3 rings (SSSR count). The van der Waals surface area contributed by atoms with Crippen molar-refractivity contribution in [3.63, 3.8) is 0 Å². The molecular weight excluding hydrogens is 212 g/mol. The Morgan fingerprint density at radius 1 is 1.35 bits per heavy atom. The van der Waals surface area contributed by atoms with Crippen molar-refractivity contribution < 1.29 is 0 Å². The molecule has 0 saturated carbocycles. The lowest BCUT2D eigenvalue weighted by atomic mass is 10.1. The standard InChI is InChI=1S/C13H14N4/c1-8-4-3-5-9-6-11(17(2)13(8)9)12-10(14)7-15-16-12/h3-7H,14H2,1-2H3,(H,15,16). The molecule has 0 unspecified atom stereocenters. The highest BCUT2D eigenvalue weighted by Crippen LogP contribution is 2.30. The highest BCUT2D eigenvalue weighted by molar-refractivity contribution is 5.90. The minimum Gasteiger partial charge on any atom is -0.396 e. The number of aromatic nitrogens is 3. The quantitative estimate of drug-likeness (QED) is 0.669. The van der Waals surface area contributed by atoms with E-state index in [0.29, 0.717) is 5.69 Å². The van der Waals surface area contributed by atoms with Crippen LogP contribution < -0.4 is 5.73 Å². The number of nitrogens with two attached hydrogens (primary N) is 1.